The number of aryl methyl sites for hydroxylation is 1. The minimum Gasteiger partial charge on any atom is -0.507 e. The molecule has 0 fully saturated rings. The Kier molecular flexibility index (Phi) is 11.9. The van der Waals surface area contributed by atoms with E-state index < -0.39 is 0 Å². The zero-order valence-electron chi connectivity index (χ0n) is 37.1. The summed E-state index contributed by atoms with van der Waals surface area (Å²) in [6, 6.07) is 51.1. The van der Waals surface area contributed by atoms with Gasteiger partial charge in [0.1, 0.15) is 11.6 Å². The summed E-state index contributed by atoms with van der Waals surface area (Å²) in [5.74, 6) is 0.942. The molecule has 1 N–H and O–H groups in total. The minimum absolute atomic E-state index is 0. The van der Waals surface area contributed by atoms with E-state index in [1.807, 2.05) is 12.3 Å². The van der Waals surface area contributed by atoms with Crippen LogP contribution in [0, 0.1) is 13.0 Å². The van der Waals surface area contributed by atoms with E-state index in [4.69, 9.17) is 9.97 Å². The number of pyridine rings is 1. The number of nitrogens with zero attached hydrogens (tertiary/aromatic N) is 3. The van der Waals surface area contributed by atoms with Gasteiger partial charge in [0.25, 0.3) is 0 Å². The molecule has 0 spiro atoms. The number of para-hydroxylation sites is 1. The Labute approximate surface area is 377 Å². The number of imidazole rings is 1. The first-order valence-corrected chi connectivity index (χ1v) is 21.2. The SMILES string of the molecule is CCC(C)(C)c1ccc(-n2c(-c3cc(C)cc(C(C)(C)C)c3O)nc3c(-c4[c-]c(-c5cc(-c6ccccc6)ccn5)cc(C(C)(C)C)c4)cccc32)c(-c2ccccc2)c1.[Pt]. The smallest absolute Gasteiger partial charge is 0.148 e. The molecule has 5 heteroatoms. The first-order valence-electron chi connectivity index (χ1n) is 21.2. The molecule has 0 aliphatic carbocycles. The average molecular weight is 982 g/mol. The molecule has 2 heterocycles. The Morgan fingerprint density at radius 3 is 1.93 bits per heavy atom. The van der Waals surface area contributed by atoms with Crippen LogP contribution >= 0.6 is 0 Å². The Balaban J connectivity index is 0.00000561. The van der Waals surface area contributed by atoms with Crippen molar-refractivity contribution in [2.45, 2.75) is 91.9 Å². The van der Waals surface area contributed by atoms with Gasteiger partial charge in [-0.1, -0.05) is 164 Å². The maximum absolute atomic E-state index is 12.3. The van der Waals surface area contributed by atoms with Crippen LogP contribution in [-0.2, 0) is 37.3 Å². The maximum Gasteiger partial charge on any atom is 0.148 e. The zero-order chi connectivity index (χ0) is 42.6. The van der Waals surface area contributed by atoms with E-state index in [0.717, 1.165) is 78.9 Å². The summed E-state index contributed by atoms with van der Waals surface area (Å²) in [5, 5.41) is 12.3. The molecular formula is C56H56N3OPt-. The second-order valence-corrected chi connectivity index (χ2v) is 19.0. The van der Waals surface area contributed by atoms with Gasteiger partial charge in [0.05, 0.1) is 22.3 Å². The summed E-state index contributed by atoms with van der Waals surface area (Å²) in [7, 11) is 0. The van der Waals surface area contributed by atoms with Gasteiger partial charge in [-0.05, 0) is 87.7 Å². The molecule has 8 aromatic rings. The first kappa shape index (κ1) is 43.5. The topological polar surface area (TPSA) is 50.9 Å². The predicted molar refractivity (Wildman–Crippen MR) is 252 cm³/mol. The Morgan fingerprint density at radius 2 is 1.28 bits per heavy atom. The van der Waals surface area contributed by atoms with Gasteiger partial charge >= 0.3 is 0 Å². The van der Waals surface area contributed by atoms with Gasteiger partial charge in [-0.3, -0.25) is 9.55 Å². The molecule has 312 valence electrons. The molecule has 0 amide bonds. The third kappa shape index (κ3) is 8.53. The molecule has 0 saturated heterocycles. The standard InChI is InChI=1S/C56H56N3O.Pt/c1-11-56(9,10)42-25-26-49(45(35-42)38-21-16-13-17-22-38)59-50-24-18-23-44(51(50)58-53(59)46-29-36(2)30-47(52(46)60)55(6,7)8)40-31-41(33-43(32-40)54(3,4)5)48-34-39(27-28-57-48)37-19-14-12-15-20-37;/h12-30,32-35,60H,11H2,1-10H3;/q-1;. The van der Waals surface area contributed by atoms with Gasteiger partial charge in [-0.2, -0.15) is 0 Å². The molecular weight excluding hydrogens is 926 g/mol. The largest absolute Gasteiger partial charge is 0.507 e. The van der Waals surface area contributed by atoms with Crippen molar-refractivity contribution in [1.82, 2.24) is 14.5 Å². The van der Waals surface area contributed by atoms with Gasteiger partial charge in [-0.25, -0.2) is 4.98 Å². The second kappa shape index (κ2) is 16.7. The van der Waals surface area contributed by atoms with Crippen LogP contribution in [0.3, 0.4) is 0 Å². The fourth-order valence-corrected chi connectivity index (χ4v) is 8.14. The number of phenolic OH excluding ortho intramolecular Hbond substituents is 1. The fourth-order valence-electron chi connectivity index (χ4n) is 8.14. The van der Waals surface area contributed by atoms with Crippen LogP contribution in [0.5, 0.6) is 5.75 Å². The number of rotatable bonds is 8. The predicted octanol–water partition coefficient (Wildman–Crippen LogP) is 14.8. The summed E-state index contributed by atoms with van der Waals surface area (Å²) in [4.78, 5) is 10.5. The molecule has 0 aliphatic heterocycles. The van der Waals surface area contributed by atoms with Gasteiger partial charge in [0.2, 0.25) is 0 Å². The van der Waals surface area contributed by atoms with E-state index in [1.165, 1.54) is 11.1 Å². The first-order chi connectivity index (χ1) is 28.5. The van der Waals surface area contributed by atoms with Gasteiger partial charge in [-0.15, -0.1) is 29.3 Å². The number of hydrogen-bond donors (Lipinski definition) is 1. The van der Waals surface area contributed by atoms with Gasteiger partial charge in [0.15, 0.2) is 0 Å². The zero-order valence-corrected chi connectivity index (χ0v) is 39.4. The number of hydrogen-bond acceptors (Lipinski definition) is 3. The molecule has 0 aliphatic rings. The van der Waals surface area contributed by atoms with E-state index in [2.05, 4.69) is 207 Å². The van der Waals surface area contributed by atoms with Crippen LogP contribution in [0.25, 0.3) is 72.7 Å². The van der Waals surface area contributed by atoms with Crippen molar-refractivity contribution in [3.05, 3.63) is 168 Å². The molecule has 61 heavy (non-hydrogen) atoms. The maximum atomic E-state index is 12.3. The van der Waals surface area contributed by atoms with E-state index in [-0.39, 0.29) is 43.1 Å². The van der Waals surface area contributed by atoms with Crippen molar-refractivity contribution in [2.75, 3.05) is 0 Å². The summed E-state index contributed by atoms with van der Waals surface area (Å²) >= 11 is 0. The van der Waals surface area contributed by atoms with Crippen molar-refractivity contribution in [2.24, 2.45) is 0 Å². The summed E-state index contributed by atoms with van der Waals surface area (Å²) in [6.07, 6.45) is 2.90. The summed E-state index contributed by atoms with van der Waals surface area (Å²) in [6.45, 7) is 22.2. The van der Waals surface area contributed by atoms with E-state index in [0.29, 0.717) is 11.4 Å². The van der Waals surface area contributed by atoms with Crippen molar-refractivity contribution in [3.8, 4) is 67.5 Å². The molecule has 6 aromatic carbocycles. The molecule has 0 saturated carbocycles. The third-order valence-corrected chi connectivity index (χ3v) is 12.1. The third-order valence-electron chi connectivity index (χ3n) is 12.1. The Hall–Kier alpha value is -5.57. The molecule has 2 aromatic heterocycles. The van der Waals surface area contributed by atoms with Crippen molar-refractivity contribution in [3.63, 3.8) is 0 Å². The van der Waals surface area contributed by atoms with Crippen LogP contribution in [0.2, 0.25) is 0 Å². The van der Waals surface area contributed by atoms with Crippen LogP contribution in [0.15, 0.2) is 140 Å². The van der Waals surface area contributed by atoms with Crippen molar-refractivity contribution >= 4 is 11.0 Å². The molecule has 0 atom stereocenters. The van der Waals surface area contributed by atoms with Crippen molar-refractivity contribution in [1.29, 1.82) is 0 Å². The Bertz CT molecular complexity index is 2860. The average Bonchev–Trinajstić information content (AvgIpc) is 3.63. The minimum atomic E-state index is -0.292. The van der Waals surface area contributed by atoms with Crippen LogP contribution < -0.4 is 0 Å². The summed E-state index contributed by atoms with van der Waals surface area (Å²) < 4.78 is 2.27. The van der Waals surface area contributed by atoms with Crippen LogP contribution in [0.1, 0.15) is 91.0 Å². The fraction of sp³-hybridized carbons (Fsp3) is 0.250. The van der Waals surface area contributed by atoms with Crippen LogP contribution in [0.4, 0.5) is 0 Å². The van der Waals surface area contributed by atoms with E-state index >= 15 is 0 Å². The van der Waals surface area contributed by atoms with Gasteiger partial charge < -0.3 is 5.11 Å². The quantitative estimate of drug-likeness (QED) is 0.154. The van der Waals surface area contributed by atoms with Crippen LogP contribution in [-0.4, -0.2) is 19.6 Å². The monoisotopic (exact) mass is 981 g/mol. The second-order valence-electron chi connectivity index (χ2n) is 19.0. The number of benzene rings is 6. The molecule has 0 radical (unpaired) electrons. The Morgan fingerprint density at radius 1 is 0.607 bits per heavy atom. The number of aromatic hydroxyl groups is 1. The number of phenols is 1. The van der Waals surface area contributed by atoms with E-state index in [9.17, 15) is 5.11 Å². The van der Waals surface area contributed by atoms with Gasteiger partial charge in [0, 0.05) is 44.1 Å². The molecule has 4 nitrogen and oxygen atoms in total. The normalized spacial score (nSPS) is 12.1. The van der Waals surface area contributed by atoms with E-state index in [1.54, 1.807) is 0 Å². The number of aromatic nitrogens is 3. The van der Waals surface area contributed by atoms with Crippen molar-refractivity contribution < 1.29 is 26.2 Å². The molecule has 0 unspecified atom stereocenters. The summed E-state index contributed by atoms with van der Waals surface area (Å²) in [5.41, 5.74) is 15.6. The molecule has 8 rings (SSSR count). The number of fused-ring (bicyclic) bond motifs is 1. The molecule has 0 bridgehead atoms.